The van der Waals surface area contributed by atoms with Gasteiger partial charge in [0.25, 0.3) is 5.69 Å². The molecular weight excluding hydrogens is 372 g/mol. The highest BCUT2D eigenvalue weighted by molar-refractivity contribution is 5.85. The standard InChI is InChI=1S/C19H20N2O5.ClH/c22-16(13-25-17-7-5-15(6-8-17)21(23)24)11-20-10-9-19-18-4-2-1-3-14(18)12-26-19;/h1-8,12,16,20,22H,9-11,13H2;1H. The normalized spacial score (nSPS) is 11.7. The number of nitrogens with one attached hydrogen (secondary N) is 1. The molecule has 1 heterocycles. The second-order valence-corrected chi connectivity index (χ2v) is 5.92. The summed E-state index contributed by atoms with van der Waals surface area (Å²) in [6, 6.07) is 13.8. The van der Waals surface area contributed by atoms with Gasteiger partial charge in [0.15, 0.2) is 0 Å². The molecule has 1 unspecified atom stereocenters. The Hall–Kier alpha value is -2.61. The molecule has 1 aromatic heterocycles. The van der Waals surface area contributed by atoms with Crippen LogP contribution in [0.25, 0.3) is 10.8 Å². The average Bonchev–Trinajstić information content (AvgIpc) is 3.07. The third kappa shape index (κ3) is 5.68. The van der Waals surface area contributed by atoms with Crippen molar-refractivity contribution in [1.29, 1.82) is 0 Å². The van der Waals surface area contributed by atoms with Crippen molar-refractivity contribution < 1.29 is 19.2 Å². The predicted molar refractivity (Wildman–Crippen MR) is 105 cm³/mol. The van der Waals surface area contributed by atoms with Crippen molar-refractivity contribution in [3.05, 3.63) is 70.7 Å². The van der Waals surface area contributed by atoms with E-state index in [1.165, 1.54) is 24.3 Å². The van der Waals surface area contributed by atoms with Crippen LogP contribution in [0.1, 0.15) is 5.76 Å². The Bertz CT molecular complexity index is 866. The van der Waals surface area contributed by atoms with Gasteiger partial charge in [-0.15, -0.1) is 12.4 Å². The maximum absolute atomic E-state index is 10.6. The van der Waals surface area contributed by atoms with Crippen LogP contribution in [0.3, 0.4) is 0 Å². The number of halogens is 1. The van der Waals surface area contributed by atoms with Gasteiger partial charge in [-0.2, -0.15) is 0 Å². The SMILES string of the molecule is Cl.O=[N+]([O-])c1ccc(OCC(O)CNCCc2occ3ccccc23)cc1. The second-order valence-electron chi connectivity index (χ2n) is 5.92. The number of hydrogen-bond donors (Lipinski definition) is 2. The van der Waals surface area contributed by atoms with Crippen molar-refractivity contribution in [2.24, 2.45) is 0 Å². The van der Waals surface area contributed by atoms with Gasteiger partial charge < -0.3 is 19.6 Å². The highest BCUT2D eigenvalue weighted by Gasteiger charge is 2.09. The molecule has 7 nitrogen and oxygen atoms in total. The Morgan fingerprint density at radius 1 is 1.19 bits per heavy atom. The van der Waals surface area contributed by atoms with E-state index in [9.17, 15) is 15.2 Å². The first-order valence-corrected chi connectivity index (χ1v) is 8.34. The quantitative estimate of drug-likeness (QED) is 0.329. The number of fused-ring (bicyclic) bond motifs is 1. The molecule has 0 bridgehead atoms. The van der Waals surface area contributed by atoms with E-state index in [4.69, 9.17) is 9.15 Å². The van der Waals surface area contributed by atoms with Crippen molar-refractivity contribution in [2.45, 2.75) is 12.5 Å². The molecule has 0 fully saturated rings. The Balaban J connectivity index is 0.00000261. The van der Waals surface area contributed by atoms with Gasteiger partial charge in [-0.05, 0) is 12.1 Å². The van der Waals surface area contributed by atoms with Crippen molar-refractivity contribution in [3.63, 3.8) is 0 Å². The molecule has 0 amide bonds. The Kier molecular flexibility index (Phi) is 7.60. The van der Waals surface area contributed by atoms with Crippen LogP contribution in [-0.4, -0.2) is 35.8 Å². The number of aliphatic hydroxyl groups is 1. The van der Waals surface area contributed by atoms with E-state index < -0.39 is 11.0 Å². The van der Waals surface area contributed by atoms with E-state index in [1.807, 2.05) is 24.3 Å². The second kappa shape index (κ2) is 9.91. The topological polar surface area (TPSA) is 97.8 Å². The number of furan rings is 1. The van der Waals surface area contributed by atoms with Gasteiger partial charge >= 0.3 is 0 Å². The van der Waals surface area contributed by atoms with Gasteiger partial charge in [0.2, 0.25) is 0 Å². The lowest BCUT2D eigenvalue weighted by Crippen LogP contribution is -2.32. The highest BCUT2D eigenvalue weighted by atomic mass is 35.5. The van der Waals surface area contributed by atoms with E-state index in [0.717, 1.165) is 23.0 Å². The maximum atomic E-state index is 10.6. The van der Waals surface area contributed by atoms with Crippen LogP contribution in [0, 0.1) is 10.1 Å². The van der Waals surface area contributed by atoms with Crippen molar-refractivity contribution >= 4 is 28.9 Å². The Morgan fingerprint density at radius 2 is 1.93 bits per heavy atom. The molecule has 2 aromatic carbocycles. The number of nitro groups is 1. The molecule has 3 aromatic rings. The highest BCUT2D eigenvalue weighted by Crippen LogP contribution is 2.20. The van der Waals surface area contributed by atoms with E-state index >= 15 is 0 Å². The number of non-ortho nitro benzene ring substituents is 1. The number of nitro benzene ring substituents is 1. The fourth-order valence-electron chi connectivity index (χ4n) is 2.63. The van der Waals surface area contributed by atoms with E-state index in [-0.39, 0.29) is 24.7 Å². The lowest BCUT2D eigenvalue weighted by atomic mass is 10.1. The molecule has 0 radical (unpaired) electrons. The van der Waals surface area contributed by atoms with Crippen molar-refractivity contribution in [2.75, 3.05) is 19.7 Å². The molecule has 0 aliphatic rings. The van der Waals surface area contributed by atoms with Crippen LogP contribution in [-0.2, 0) is 6.42 Å². The van der Waals surface area contributed by atoms with Crippen LogP contribution >= 0.6 is 12.4 Å². The zero-order chi connectivity index (χ0) is 18.4. The molecule has 2 N–H and O–H groups in total. The molecule has 144 valence electrons. The zero-order valence-electron chi connectivity index (χ0n) is 14.5. The van der Waals surface area contributed by atoms with Crippen LogP contribution in [0.2, 0.25) is 0 Å². The molecule has 0 aliphatic carbocycles. The number of aliphatic hydroxyl groups excluding tert-OH is 1. The minimum atomic E-state index is -0.682. The molecule has 1 atom stereocenters. The van der Waals surface area contributed by atoms with Gasteiger partial charge in [-0.3, -0.25) is 10.1 Å². The van der Waals surface area contributed by atoms with Gasteiger partial charge in [-0.25, -0.2) is 0 Å². The average molecular weight is 393 g/mol. The summed E-state index contributed by atoms with van der Waals surface area (Å²) in [6.07, 6.45) is 1.79. The third-order valence-corrected chi connectivity index (χ3v) is 3.99. The first kappa shape index (κ1) is 20.7. The Morgan fingerprint density at radius 3 is 2.67 bits per heavy atom. The molecule has 3 rings (SSSR count). The van der Waals surface area contributed by atoms with Crippen molar-refractivity contribution in [3.8, 4) is 5.75 Å². The summed E-state index contributed by atoms with van der Waals surface area (Å²) in [5.74, 6) is 1.40. The summed E-state index contributed by atoms with van der Waals surface area (Å²) in [6.45, 7) is 1.16. The summed E-state index contributed by atoms with van der Waals surface area (Å²) >= 11 is 0. The molecule has 0 saturated heterocycles. The smallest absolute Gasteiger partial charge is 0.269 e. The van der Waals surface area contributed by atoms with Crippen LogP contribution in [0.5, 0.6) is 5.75 Å². The van der Waals surface area contributed by atoms with Gasteiger partial charge in [0.05, 0.1) is 11.2 Å². The van der Waals surface area contributed by atoms with E-state index in [2.05, 4.69) is 5.32 Å². The third-order valence-electron chi connectivity index (χ3n) is 3.99. The van der Waals surface area contributed by atoms with Crippen molar-refractivity contribution in [1.82, 2.24) is 5.32 Å². The molecular formula is C19H21ClN2O5. The lowest BCUT2D eigenvalue weighted by Gasteiger charge is -2.13. The van der Waals surface area contributed by atoms with Crippen LogP contribution in [0.4, 0.5) is 5.69 Å². The van der Waals surface area contributed by atoms with Crippen LogP contribution < -0.4 is 10.1 Å². The first-order valence-electron chi connectivity index (χ1n) is 8.34. The fourth-order valence-corrected chi connectivity index (χ4v) is 2.63. The summed E-state index contributed by atoms with van der Waals surface area (Å²) in [7, 11) is 0. The van der Waals surface area contributed by atoms with Gasteiger partial charge in [0.1, 0.15) is 24.2 Å². The minimum absolute atomic E-state index is 0. The molecule has 0 saturated carbocycles. The molecule has 27 heavy (non-hydrogen) atoms. The number of nitrogens with zero attached hydrogens (tertiary/aromatic N) is 1. The van der Waals surface area contributed by atoms with Gasteiger partial charge in [-0.1, -0.05) is 24.3 Å². The minimum Gasteiger partial charge on any atom is -0.491 e. The van der Waals surface area contributed by atoms with Gasteiger partial charge in [0, 0.05) is 42.4 Å². The summed E-state index contributed by atoms with van der Waals surface area (Å²) in [5.41, 5.74) is 0.00464. The van der Waals surface area contributed by atoms with E-state index in [0.29, 0.717) is 18.8 Å². The molecule has 0 aliphatic heterocycles. The number of ether oxygens (including phenoxy) is 1. The summed E-state index contributed by atoms with van der Waals surface area (Å²) in [4.78, 5) is 10.1. The first-order chi connectivity index (χ1) is 12.6. The van der Waals surface area contributed by atoms with E-state index in [1.54, 1.807) is 6.26 Å². The Labute approximate surface area is 162 Å². The monoisotopic (exact) mass is 392 g/mol. The maximum Gasteiger partial charge on any atom is 0.269 e. The lowest BCUT2D eigenvalue weighted by molar-refractivity contribution is -0.384. The molecule has 8 heteroatoms. The van der Waals surface area contributed by atoms with Crippen LogP contribution in [0.15, 0.2) is 59.2 Å². The number of rotatable bonds is 9. The summed E-state index contributed by atoms with van der Waals surface area (Å²) < 4.78 is 11.0. The fraction of sp³-hybridized carbons (Fsp3) is 0.263. The number of hydrogen-bond acceptors (Lipinski definition) is 6. The predicted octanol–water partition coefficient (Wildman–Crippen LogP) is 3.33. The molecule has 0 spiro atoms. The number of benzene rings is 2. The summed E-state index contributed by atoms with van der Waals surface area (Å²) in [5, 5.41) is 25.9. The zero-order valence-corrected chi connectivity index (χ0v) is 15.4. The largest absolute Gasteiger partial charge is 0.491 e.